The first-order chi connectivity index (χ1) is 12.0. The second-order valence-electron chi connectivity index (χ2n) is 5.04. The number of hydrogen-bond donors (Lipinski definition) is 3. The molecular weight excluding hydrogens is 344 g/mol. The van der Waals surface area contributed by atoms with Crippen LogP contribution in [0.1, 0.15) is 23.2 Å². The molecule has 0 aliphatic rings. The van der Waals surface area contributed by atoms with Crippen LogP contribution in [0.2, 0.25) is 0 Å². The van der Waals surface area contributed by atoms with Crippen LogP contribution in [0.3, 0.4) is 0 Å². The van der Waals surface area contributed by atoms with Crippen molar-refractivity contribution in [2.24, 2.45) is 0 Å². The van der Waals surface area contributed by atoms with Crippen molar-refractivity contribution in [1.29, 1.82) is 0 Å². The monoisotopic (exact) mass is 358 g/mol. The minimum atomic E-state index is -0.551. The number of anilines is 1. The van der Waals surface area contributed by atoms with Crippen molar-refractivity contribution in [2.45, 2.75) is 13.5 Å². The summed E-state index contributed by atoms with van der Waals surface area (Å²) in [5, 5.41) is 17.0. The fourth-order valence-corrected chi connectivity index (χ4v) is 2.69. The Kier molecular flexibility index (Phi) is 4.75. The Morgan fingerprint density at radius 3 is 2.92 bits per heavy atom. The summed E-state index contributed by atoms with van der Waals surface area (Å²) >= 11 is 1.22. The van der Waals surface area contributed by atoms with Crippen LogP contribution in [0.5, 0.6) is 5.75 Å². The minimum Gasteiger partial charge on any atom is -0.505 e. The molecule has 0 radical (unpaired) electrons. The predicted molar refractivity (Wildman–Crippen MR) is 91.2 cm³/mol. The quantitative estimate of drug-likeness (QED) is 0.645. The van der Waals surface area contributed by atoms with Crippen LogP contribution in [0.15, 0.2) is 40.3 Å². The molecule has 3 heterocycles. The molecule has 9 heteroatoms. The van der Waals surface area contributed by atoms with Crippen molar-refractivity contribution in [3.8, 4) is 17.2 Å². The molecule has 0 bridgehead atoms. The number of nitrogens with zero attached hydrogens (tertiary/aromatic N) is 2. The number of pyridine rings is 1. The van der Waals surface area contributed by atoms with Crippen molar-refractivity contribution >= 4 is 28.3 Å². The van der Waals surface area contributed by atoms with Gasteiger partial charge in [-0.15, -0.1) is 11.3 Å². The van der Waals surface area contributed by atoms with E-state index in [2.05, 4.69) is 20.6 Å². The van der Waals surface area contributed by atoms with E-state index in [4.69, 9.17) is 4.42 Å². The molecule has 0 fully saturated rings. The molecule has 0 saturated carbocycles. The molecule has 8 nitrogen and oxygen atoms in total. The van der Waals surface area contributed by atoms with Crippen molar-refractivity contribution in [2.75, 3.05) is 5.32 Å². The molecule has 3 aromatic heterocycles. The van der Waals surface area contributed by atoms with Crippen molar-refractivity contribution in [3.63, 3.8) is 0 Å². The van der Waals surface area contributed by atoms with Crippen LogP contribution >= 0.6 is 11.3 Å². The zero-order chi connectivity index (χ0) is 17.8. The van der Waals surface area contributed by atoms with Gasteiger partial charge in [0.2, 0.25) is 5.91 Å². The molecule has 3 N–H and O–H groups in total. The van der Waals surface area contributed by atoms with Crippen molar-refractivity contribution in [1.82, 2.24) is 15.3 Å². The van der Waals surface area contributed by atoms with Gasteiger partial charge in [0.25, 0.3) is 5.91 Å². The van der Waals surface area contributed by atoms with Gasteiger partial charge in [-0.05, 0) is 24.3 Å². The molecule has 25 heavy (non-hydrogen) atoms. The smallest absolute Gasteiger partial charge is 0.279 e. The van der Waals surface area contributed by atoms with Crippen molar-refractivity contribution in [3.05, 3.63) is 47.3 Å². The third kappa shape index (κ3) is 4.01. The summed E-state index contributed by atoms with van der Waals surface area (Å²) in [7, 11) is 0. The Morgan fingerprint density at radius 1 is 1.32 bits per heavy atom. The molecule has 3 aromatic rings. The first-order valence-electron chi connectivity index (χ1n) is 7.27. The highest BCUT2D eigenvalue weighted by Gasteiger charge is 2.15. The average molecular weight is 358 g/mol. The number of aromatic hydroxyl groups is 1. The maximum atomic E-state index is 12.1. The van der Waals surface area contributed by atoms with E-state index in [0.717, 1.165) is 0 Å². The number of amides is 2. The largest absolute Gasteiger partial charge is 0.505 e. The number of rotatable bonds is 5. The number of nitrogens with one attached hydrogen (secondary N) is 2. The Morgan fingerprint density at radius 2 is 2.16 bits per heavy atom. The van der Waals surface area contributed by atoms with Gasteiger partial charge in [0.1, 0.15) is 17.2 Å². The summed E-state index contributed by atoms with van der Waals surface area (Å²) < 4.78 is 5.61. The minimum absolute atomic E-state index is 0.0742. The average Bonchev–Trinajstić information content (AvgIpc) is 3.22. The van der Waals surface area contributed by atoms with Crippen LogP contribution in [0.25, 0.3) is 11.5 Å². The summed E-state index contributed by atoms with van der Waals surface area (Å²) in [5.74, 6) is 0.226. The maximum Gasteiger partial charge on any atom is 0.279 e. The number of furan rings is 1. The maximum absolute atomic E-state index is 12.1. The summed E-state index contributed by atoms with van der Waals surface area (Å²) in [6.07, 6.45) is 1.42. The predicted octanol–water partition coefficient (Wildman–Crippen LogP) is 2.39. The van der Waals surface area contributed by atoms with Crippen LogP contribution in [0.4, 0.5) is 5.13 Å². The summed E-state index contributed by atoms with van der Waals surface area (Å²) in [5.41, 5.74) is 0.481. The molecule has 0 aliphatic carbocycles. The zero-order valence-electron chi connectivity index (χ0n) is 13.1. The summed E-state index contributed by atoms with van der Waals surface area (Å²) in [4.78, 5) is 31.1. The number of carbonyl (C=O) groups excluding carboxylic acids is 2. The van der Waals surface area contributed by atoms with Crippen LogP contribution in [-0.2, 0) is 11.3 Å². The highest BCUT2D eigenvalue weighted by atomic mass is 32.1. The fourth-order valence-electron chi connectivity index (χ4n) is 1.99. The highest BCUT2D eigenvalue weighted by Crippen LogP contribution is 2.27. The van der Waals surface area contributed by atoms with Crippen LogP contribution in [-0.4, -0.2) is 26.9 Å². The lowest BCUT2D eigenvalue weighted by Gasteiger charge is -2.02. The lowest BCUT2D eigenvalue weighted by Crippen LogP contribution is -2.18. The molecule has 0 unspecified atom stereocenters. The van der Waals surface area contributed by atoms with Gasteiger partial charge in [0.05, 0.1) is 6.54 Å². The lowest BCUT2D eigenvalue weighted by molar-refractivity contribution is -0.119. The first-order valence-corrected chi connectivity index (χ1v) is 8.15. The Hall–Kier alpha value is -3.20. The number of aromatic nitrogens is 2. The second-order valence-corrected chi connectivity index (χ2v) is 5.90. The van der Waals surface area contributed by atoms with E-state index in [1.807, 2.05) is 0 Å². The normalized spacial score (nSPS) is 10.4. The fraction of sp³-hybridized carbons (Fsp3) is 0.125. The molecule has 0 saturated heterocycles. The molecule has 0 spiro atoms. The summed E-state index contributed by atoms with van der Waals surface area (Å²) in [6, 6.07) is 6.40. The number of carbonyl (C=O) groups is 2. The van der Waals surface area contributed by atoms with E-state index < -0.39 is 5.91 Å². The van der Waals surface area contributed by atoms with Gasteiger partial charge in [-0.1, -0.05) is 0 Å². The highest BCUT2D eigenvalue weighted by molar-refractivity contribution is 7.14. The number of hydrogen-bond acceptors (Lipinski definition) is 7. The molecule has 0 aliphatic heterocycles. The van der Waals surface area contributed by atoms with Crippen molar-refractivity contribution < 1.29 is 19.1 Å². The van der Waals surface area contributed by atoms with E-state index in [0.29, 0.717) is 28.9 Å². The molecule has 2 amide bonds. The Labute approximate surface area is 146 Å². The van der Waals surface area contributed by atoms with E-state index in [1.54, 1.807) is 17.5 Å². The molecular formula is C16H14N4O4S. The van der Waals surface area contributed by atoms with Gasteiger partial charge in [0, 0.05) is 18.5 Å². The lowest BCUT2D eigenvalue weighted by atomic mass is 10.3. The van der Waals surface area contributed by atoms with Gasteiger partial charge in [-0.3, -0.25) is 14.9 Å². The van der Waals surface area contributed by atoms with Gasteiger partial charge >= 0.3 is 0 Å². The van der Waals surface area contributed by atoms with Gasteiger partial charge in [-0.2, -0.15) is 0 Å². The van der Waals surface area contributed by atoms with Gasteiger partial charge in [-0.25, -0.2) is 9.97 Å². The van der Waals surface area contributed by atoms with E-state index >= 15 is 0 Å². The molecule has 128 valence electrons. The Bertz CT molecular complexity index is 918. The zero-order valence-corrected chi connectivity index (χ0v) is 14.0. The second kappa shape index (κ2) is 7.14. The molecule has 0 aromatic carbocycles. The van der Waals surface area contributed by atoms with Gasteiger partial charge < -0.3 is 14.8 Å². The van der Waals surface area contributed by atoms with E-state index in [-0.39, 0.29) is 17.4 Å². The molecule has 3 rings (SSSR count). The third-order valence-corrected chi connectivity index (χ3v) is 3.91. The SMILES string of the molecule is CC(=O)NCc1ccc(-c2csc(NC(=O)c3ncccc3O)n2)o1. The number of thiazole rings is 1. The Balaban J connectivity index is 1.69. The van der Waals surface area contributed by atoms with E-state index in [9.17, 15) is 14.7 Å². The third-order valence-electron chi connectivity index (χ3n) is 3.15. The van der Waals surface area contributed by atoms with Gasteiger partial charge in [0.15, 0.2) is 16.6 Å². The molecule has 0 atom stereocenters. The van der Waals surface area contributed by atoms with Crippen LogP contribution in [0, 0.1) is 0 Å². The van der Waals surface area contributed by atoms with Crippen LogP contribution < -0.4 is 10.6 Å². The summed E-state index contributed by atoms with van der Waals surface area (Å²) in [6.45, 7) is 1.72. The first kappa shape index (κ1) is 16.7. The standard InChI is InChI=1S/C16H14N4O4S/c1-9(21)18-7-10-4-5-13(24-10)11-8-25-16(19-11)20-15(23)14-12(22)3-2-6-17-14/h2-6,8,22H,7H2,1H3,(H,18,21)(H,19,20,23). The topological polar surface area (TPSA) is 117 Å². The van der Waals surface area contributed by atoms with E-state index in [1.165, 1.54) is 36.6 Å².